The van der Waals surface area contributed by atoms with Crippen molar-refractivity contribution in [2.24, 2.45) is 0 Å². The number of nitrogens with zero attached hydrogens (tertiary/aromatic N) is 4. The minimum Gasteiger partial charge on any atom is -0.308 e. The number of benzene rings is 7. The first-order valence-electron chi connectivity index (χ1n) is 17.2. The molecule has 0 amide bonds. The van der Waals surface area contributed by atoms with Crippen molar-refractivity contribution in [3.05, 3.63) is 182 Å². The third kappa shape index (κ3) is 4.88. The first kappa shape index (κ1) is 29.0. The van der Waals surface area contributed by atoms with Gasteiger partial charge in [0.25, 0.3) is 0 Å². The number of hydrogen-bond acceptors (Lipinski definition) is 3. The molecule has 4 heteroatoms. The Balaban J connectivity index is 1.23. The average Bonchev–Trinajstić information content (AvgIpc) is 3.57. The van der Waals surface area contributed by atoms with Gasteiger partial charge in [-0.25, -0.2) is 15.0 Å². The summed E-state index contributed by atoms with van der Waals surface area (Å²) in [5.41, 5.74) is 11.0. The van der Waals surface area contributed by atoms with Gasteiger partial charge in [0.15, 0.2) is 17.5 Å². The lowest BCUT2D eigenvalue weighted by Gasteiger charge is -2.11. The van der Waals surface area contributed by atoms with Crippen LogP contribution >= 0.6 is 0 Å². The number of rotatable bonds is 5. The van der Waals surface area contributed by atoms with E-state index in [2.05, 4.69) is 162 Å². The molecule has 238 valence electrons. The Kier molecular flexibility index (Phi) is 6.78. The maximum atomic E-state index is 5.14. The largest absolute Gasteiger partial charge is 0.308 e. The van der Waals surface area contributed by atoms with Gasteiger partial charge in [-0.05, 0) is 46.3 Å². The van der Waals surface area contributed by atoms with Crippen LogP contribution in [0.25, 0.3) is 94.5 Å². The van der Waals surface area contributed by atoms with E-state index in [1.54, 1.807) is 0 Å². The summed E-state index contributed by atoms with van der Waals surface area (Å²) in [6.45, 7) is 0. The summed E-state index contributed by atoms with van der Waals surface area (Å²) < 4.78 is 2.43. The molecule has 0 spiro atoms. The Morgan fingerprint density at radius 1 is 0.294 bits per heavy atom. The number of aromatic nitrogens is 4. The van der Waals surface area contributed by atoms with Crippen LogP contribution in [0.4, 0.5) is 0 Å². The Labute approximate surface area is 295 Å². The van der Waals surface area contributed by atoms with Crippen LogP contribution in [0.2, 0.25) is 0 Å². The summed E-state index contributed by atoms with van der Waals surface area (Å²) in [7, 11) is 0. The van der Waals surface area contributed by atoms with Gasteiger partial charge in [0.05, 0.1) is 16.6 Å². The first-order valence-corrected chi connectivity index (χ1v) is 17.2. The molecule has 0 aliphatic carbocycles. The predicted octanol–water partition coefficient (Wildman–Crippen LogP) is 11.9. The van der Waals surface area contributed by atoms with E-state index in [0.29, 0.717) is 17.5 Å². The van der Waals surface area contributed by atoms with Crippen molar-refractivity contribution in [2.45, 2.75) is 0 Å². The summed E-state index contributed by atoms with van der Waals surface area (Å²) >= 11 is 0. The summed E-state index contributed by atoms with van der Waals surface area (Å²) in [5, 5.41) is 4.85. The monoisotopic (exact) mass is 650 g/mol. The van der Waals surface area contributed by atoms with Gasteiger partial charge in [0.1, 0.15) is 0 Å². The summed E-state index contributed by atoms with van der Waals surface area (Å²) in [4.78, 5) is 15.2. The number of hydrogen-bond donors (Lipinski definition) is 0. The molecule has 0 radical (unpaired) electrons. The van der Waals surface area contributed by atoms with Crippen LogP contribution in [0.15, 0.2) is 182 Å². The van der Waals surface area contributed by atoms with E-state index in [1.807, 2.05) is 24.3 Å². The zero-order valence-electron chi connectivity index (χ0n) is 27.6. The highest BCUT2D eigenvalue weighted by Gasteiger charge is 2.21. The van der Waals surface area contributed by atoms with E-state index in [1.165, 1.54) is 43.9 Å². The SMILES string of the molecule is c1ccc(-c2ccc(-c3nc(-c4ccccc4)nc(-c4ccc5c(c4)c(-c4ccccc4)c4c6ccccc6c6ccccc6n54)n3)cc2)cc1. The maximum Gasteiger partial charge on any atom is 0.164 e. The van der Waals surface area contributed by atoms with Crippen molar-refractivity contribution in [3.8, 4) is 56.4 Å². The molecule has 0 aliphatic heterocycles. The minimum atomic E-state index is 0.636. The molecule has 10 aromatic rings. The highest BCUT2D eigenvalue weighted by Crippen LogP contribution is 2.43. The van der Waals surface area contributed by atoms with E-state index in [-0.39, 0.29) is 0 Å². The Hall–Kier alpha value is -6.91. The lowest BCUT2D eigenvalue weighted by Crippen LogP contribution is -2.00. The van der Waals surface area contributed by atoms with Gasteiger partial charge >= 0.3 is 0 Å². The second kappa shape index (κ2) is 11.9. The fourth-order valence-electron chi connectivity index (χ4n) is 7.45. The van der Waals surface area contributed by atoms with Gasteiger partial charge in [-0.1, -0.05) is 158 Å². The molecular weight excluding hydrogens is 621 g/mol. The lowest BCUT2D eigenvalue weighted by molar-refractivity contribution is 1.07. The predicted molar refractivity (Wildman–Crippen MR) is 210 cm³/mol. The highest BCUT2D eigenvalue weighted by atomic mass is 15.0. The Morgan fingerprint density at radius 2 is 0.725 bits per heavy atom. The molecule has 0 saturated heterocycles. The van der Waals surface area contributed by atoms with E-state index in [4.69, 9.17) is 15.0 Å². The normalized spacial score (nSPS) is 11.5. The van der Waals surface area contributed by atoms with Gasteiger partial charge in [0.2, 0.25) is 0 Å². The molecule has 0 unspecified atom stereocenters. The van der Waals surface area contributed by atoms with Gasteiger partial charge in [-0.3, -0.25) is 0 Å². The molecule has 10 rings (SSSR count). The van der Waals surface area contributed by atoms with Gasteiger partial charge < -0.3 is 4.40 Å². The van der Waals surface area contributed by atoms with E-state index < -0.39 is 0 Å². The van der Waals surface area contributed by atoms with Crippen LogP contribution < -0.4 is 0 Å². The van der Waals surface area contributed by atoms with Crippen molar-refractivity contribution in [3.63, 3.8) is 0 Å². The van der Waals surface area contributed by atoms with Crippen LogP contribution in [0, 0.1) is 0 Å². The maximum absolute atomic E-state index is 5.14. The van der Waals surface area contributed by atoms with Gasteiger partial charge in [-0.15, -0.1) is 0 Å². The molecule has 0 bridgehead atoms. The molecule has 51 heavy (non-hydrogen) atoms. The second-order valence-corrected chi connectivity index (χ2v) is 12.8. The van der Waals surface area contributed by atoms with Crippen molar-refractivity contribution in [1.82, 2.24) is 19.4 Å². The van der Waals surface area contributed by atoms with Crippen molar-refractivity contribution < 1.29 is 0 Å². The molecule has 0 saturated carbocycles. The standard InChI is InChI=1S/C47H30N4/c1-4-14-31(15-5-1)32-24-26-35(27-25-32)46-48-45(34-18-8-3-9-19-34)49-47(50-46)36-28-29-42-40(30-36)43(33-16-6-2-7-17-33)44-39-22-11-10-20-37(39)38-21-12-13-23-41(38)51(42)44/h1-30H. The van der Waals surface area contributed by atoms with E-state index in [9.17, 15) is 0 Å². The van der Waals surface area contributed by atoms with Crippen molar-refractivity contribution >= 4 is 38.1 Å². The minimum absolute atomic E-state index is 0.636. The number of pyridine rings is 1. The molecule has 0 fully saturated rings. The summed E-state index contributed by atoms with van der Waals surface area (Å²) in [6, 6.07) is 63.9. The third-order valence-electron chi connectivity index (χ3n) is 9.82. The Morgan fingerprint density at radius 3 is 1.39 bits per heavy atom. The third-order valence-corrected chi connectivity index (χ3v) is 9.82. The van der Waals surface area contributed by atoms with E-state index in [0.717, 1.165) is 33.2 Å². The van der Waals surface area contributed by atoms with Crippen molar-refractivity contribution in [2.75, 3.05) is 0 Å². The zero-order chi connectivity index (χ0) is 33.7. The molecule has 0 aliphatic rings. The van der Waals surface area contributed by atoms with Crippen LogP contribution in [-0.4, -0.2) is 19.4 Å². The van der Waals surface area contributed by atoms with Gasteiger partial charge in [-0.2, -0.15) is 0 Å². The molecule has 3 heterocycles. The number of para-hydroxylation sites is 1. The molecule has 4 nitrogen and oxygen atoms in total. The number of fused-ring (bicyclic) bond motifs is 8. The quantitative estimate of drug-likeness (QED) is 0.174. The zero-order valence-corrected chi connectivity index (χ0v) is 27.6. The Bertz CT molecular complexity index is 2880. The van der Waals surface area contributed by atoms with Crippen LogP contribution in [-0.2, 0) is 0 Å². The molecule has 0 atom stereocenters. The second-order valence-electron chi connectivity index (χ2n) is 12.8. The molecular formula is C47H30N4. The summed E-state index contributed by atoms with van der Waals surface area (Å²) in [6.07, 6.45) is 0. The van der Waals surface area contributed by atoms with E-state index >= 15 is 0 Å². The lowest BCUT2D eigenvalue weighted by atomic mass is 9.98. The average molecular weight is 651 g/mol. The fraction of sp³-hybridized carbons (Fsp3) is 0. The smallest absolute Gasteiger partial charge is 0.164 e. The highest BCUT2D eigenvalue weighted by molar-refractivity contribution is 6.22. The van der Waals surface area contributed by atoms with Crippen LogP contribution in [0.5, 0.6) is 0 Å². The van der Waals surface area contributed by atoms with Crippen LogP contribution in [0.3, 0.4) is 0 Å². The molecule has 3 aromatic heterocycles. The molecule has 0 N–H and O–H groups in total. The summed E-state index contributed by atoms with van der Waals surface area (Å²) in [5.74, 6) is 1.92. The first-order chi connectivity index (χ1) is 25.3. The fourth-order valence-corrected chi connectivity index (χ4v) is 7.45. The van der Waals surface area contributed by atoms with Gasteiger partial charge in [0, 0.05) is 38.4 Å². The van der Waals surface area contributed by atoms with Crippen LogP contribution in [0.1, 0.15) is 0 Å². The molecule has 7 aromatic carbocycles. The topological polar surface area (TPSA) is 43.1 Å². The van der Waals surface area contributed by atoms with Crippen molar-refractivity contribution in [1.29, 1.82) is 0 Å².